The quantitative estimate of drug-likeness (QED) is 0.169. The number of hydrogen-bond donors (Lipinski definition) is 1. The summed E-state index contributed by atoms with van der Waals surface area (Å²) in [6.07, 6.45) is -2.00. The number of ether oxygens (including phenoxy) is 5. The molecule has 9 nitrogen and oxygen atoms in total. The first-order chi connectivity index (χ1) is 21.3. The van der Waals surface area contributed by atoms with Crippen molar-refractivity contribution in [2.24, 2.45) is 11.8 Å². The van der Waals surface area contributed by atoms with E-state index in [0.29, 0.717) is 18.5 Å². The van der Waals surface area contributed by atoms with Crippen LogP contribution in [-0.4, -0.2) is 62.9 Å². The van der Waals surface area contributed by atoms with Gasteiger partial charge in [0.25, 0.3) is 0 Å². The van der Waals surface area contributed by atoms with Gasteiger partial charge >= 0.3 is 18.0 Å². The summed E-state index contributed by atoms with van der Waals surface area (Å²) in [5.41, 5.74) is 5.08. The van der Waals surface area contributed by atoms with Crippen molar-refractivity contribution in [2.75, 3.05) is 26.4 Å². The van der Waals surface area contributed by atoms with Crippen molar-refractivity contribution < 1.29 is 38.1 Å². The lowest BCUT2D eigenvalue weighted by Gasteiger charge is -2.43. The second-order valence-corrected chi connectivity index (χ2v) is 11.3. The highest BCUT2D eigenvalue weighted by molar-refractivity contribution is 5.89. The third kappa shape index (κ3) is 7.29. The molecule has 1 N–H and O–H groups in total. The Morgan fingerprint density at radius 1 is 0.795 bits per heavy atom. The zero-order valence-corrected chi connectivity index (χ0v) is 25.3. The van der Waals surface area contributed by atoms with Crippen LogP contribution in [-0.2, 0) is 28.5 Å². The molecule has 2 aliphatic rings. The van der Waals surface area contributed by atoms with Gasteiger partial charge in [0, 0.05) is 25.3 Å². The molecule has 1 heterocycles. The monoisotopic (exact) mass is 601 g/mol. The van der Waals surface area contributed by atoms with E-state index in [-0.39, 0.29) is 37.6 Å². The van der Waals surface area contributed by atoms with Crippen molar-refractivity contribution in [3.63, 3.8) is 0 Å². The van der Waals surface area contributed by atoms with Crippen LogP contribution >= 0.6 is 0 Å². The number of benzene rings is 3. The predicted molar refractivity (Wildman–Crippen MR) is 163 cm³/mol. The first-order valence-electron chi connectivity index (χ1n) is 15.1. The number of rotatable bonds is 11. The Hall–Kier alpha value is -4.21. The fourth-order valence-corrected chi connectivity index (χ4v) is 5.82. The number of fused-ring (bicyclic) bond motifs is 3. The molecular weight excluding hydrogens is 562 g/mol. The zero-order chi connectivity index (χ0) is 31.1. The predicted octanol–water partition coefficient (Wildman–Crippen LogP) is 5.72. The number of nitrogens with one attached hydrogen (secondary N) is 1. The third-order valence-corrected chi connectivity index (χ3v) is 8.43. The number of amides is 1. The standard InChI is InChI=1S/C35H39NO8/c1-22-23(2)32(44-33(38)25-12-5-4-6-13-25)34(43-31(22)21-41-24(3)37)40-19-11-18-36-35(39)42-20-30-28-16-9-7-14-26(28)27-15-8-10-17-29(27)30/h4-10,12-17,22-23,30-32,34H,11,18-21H2,1-3H3,(H,36,39)/t22-,23-,31?,32?,34-/m0/s1. The van der Waals surface area contributed by atoms with Gasteiger partial charge in [-0.2, -0.15) is 0 Å². The number of hydrogen-bond acceptors (Lipinski definition) is 8. The minimum atomic E-state index is -0.871. The van der Waals surface area contributed by atoms with Gasteiger partial charge in [-0.1, -0.05) is 80.6 Å². The Morgan fingerprint density at radius 2 is 1.43 bits per heavy atom. The van der Waals surface area contributed by atoms with E-state index in [4.69, 9.17) is 23.7 Å². The first kappa shape index (κ1) is 31.2. The van der Waals surface area contributed by atoms with Crippen molar-refractivity contribution in [1.82, 2.24) is 5.32 Å². The van der Waals surface area contributed by atoms with Crippen LogP contribution in [0.15, 0.2) is 78.9 Å². The van der Waals surface area contributed by atoms with Gasteiger partial charge in [0.05, 0.1) is 18.3 Å². The molecule has 1 fully saturated rings. The molecule has 2 unspecified atom stereocenters. The highest BCUT2D eigenvalue weighted by Crippen LogP contribution is 2.44. The van der Waals surface area contributed by atoms with E-state index >= 15 is 0 Å². The van der Waals surface area contributed by atoms with E-state index < -0.39 is 36.5 Å². The molecule has 3 aromatic carbocycles. The topological polar surface area (TPSA) is 109 Å². The minimum absolute atomic E-state index is 0.0141. The number of alkyl carbamates (subject to hydrolysis) is 1. The van der Waals surface area contributed by atoms with Gasteiger partial charge in [0.15, 0.2) is 12.4 Å². The lowest BCUT2D eigenvalue weighted by molar-refractivity contribution is -0.275. The maximum atomic E-state index is 12.9. The first-order valence-corrected chi connectivity index (χ1v) is 15.1. The van der Waals surface area contributed by atoms with Gasteiger partial charge in [0.1, 0.15) is 13.2 Å². The molecule has 0 radical (unpaired) electrons. The Bertz CT molecular complexity index is 1400. The average Bonchev–Trinajstić information content (AvgIpc) is 3.36. The van der Waals surface area contributed by atoms with Crippen LogP contribution in [0.5, 0.6) is 0 Å². The van der Waals surface area contributed by atoms with E-state index in [1.807, 2.05) is 44.2 Å². The molecule has 5 atom stereocenters. The Balaban J connectivity index is 1.12. The van der Waals surface area contributed by atoms with E-state index in [2.05, 4.69) is 29.6 Å². The molecule has 44 heavy (non-hydrogen) atoms. The number of carbonyl (C=O) groups excluding carboxylic acids is 3. The van der Waals surface area contributed by atoms with Crippen molar-refractivity contribution in [1.29, 1.82) is 0 Å². The molecule has 1 saturated heterocycles. The Kier molecular flexibility index (Phi) is 10.3. The summed E-state index contributed by atoms with van der Waals surface area (Å²) in [4.78, 5) is 36.9. The third-order valence-electron chi connectivity index (χ3n) is 8.43. The maximum Gasteiger partial charge on any atom is 0.407 e. The fraction of sp³-hybridized carbons (Fsp3) is 0.400. The van der Waals surface area contributed by atoms with E-state index in [0.717, 1.165) is 11.1 Å². The van der Waals surface area contributed by atoms with Crippen LogP contribution in [0.2, 0.25) is 0 Å². The molecule has 0 saturated carbocycles. The van der Waals surface area contributed by atoms with Crippen molar-refractivity contribution in [3.8, 4) is 11.1 Å². The summed E-state index contributed by atoms with van der Waals surface area (Å²) in [5.74, 6) is -1.09. The molecule has 0 bridgehead atoms. The van der Waals surface area contributed by atoms with Crippen molar-refractivity contribution in [3.05, 3.63) is 95.6 Å². The zero-order valence-electron chi connectivity index (χ0n) is 25.3. The van der Waals surface area contributed by atoms with Crippen LogP contribution < -0.4 is 5.32 Å². The largest absolute Gasteiger partial charge is 0.463 e. The number of carbonyl (C=O) groups is 3. The molecule has 232 valence electrons. The Morgan fingerprint density at radius 3 is 2.09 bits per heavy atom. The fourth-order valence-electron chi connectivity index (χ4n) is 5.82. The van der Waals surface area contributed by atoms with E-state index in [1.165, 1.54) is 18.1 Å². The smallest absolute Gasteiger partial charge is 0.407 e. The molecule has 0 spiro atoms. The van der Waals surface area contributed by atoms with Gasteiger partial charge < -0.3 is 29.0 Å². The summed E-state index contributed by atoms with van der Waals surface area (Å²) in [7, 11) is 0. The van der Waals surface area contributed by atoms with E-state index in [1.54, 1.807) is 24.3 Å². The highest BCUT2D eigenvalue weighted by atomic mass is 16.7. The molecule has 1 amide bonds. The minimum Gasteiger partial charge on any atom is -0.463 e. The number of esters is 2. The summed E-state index contributed by atoms with van der Waals surface area (Å²) in [6.45, 7) is 6.14. The highest BCUT2D eigenvalue weighted by Gasteiger charge is 2.45. The second kappa shape index (κ2) is 14.5. The van der Waals surface area contributed by atoms with Crippen molar-refractivity contribution in [2.45, 2.75) is 51.6 Å². The lowest BCUT2D eigenvalue weighted by Crippen LogP contribution is -2.53. The lowest BCUT2D eigenvalue weighted by atomic mass is 9.83. The van der Waals surface area contributed by atoms with Gasteiger partial charge in [-0.3, -0.25) is 4.79 Å². The van der Waals surface area contributed by atoms with Crippen LogP contribution in [0.1, 0.15) is 54.6 Å². The SMILES string of the molecule is CC(=O)OCC1O[C@H](OCCCNC(=O)OCC2c3ccccc3-c3ccccc32)C(OC(=O)c2ccccc2)[C@@H](C)[C@@H]1C. The normalized spacial score (nSPS) is 22.4. The average molecular weight is 602 g/mol. The summed E-state index contributed by atoms with van der Waals surface area (Å²) in [6, 6.07) is 25.1. The van der Waals surface area contributed by atoms with Crippen molar-refractivity contribution >= 4 is 18.0 Å². The van der Waals surface area contributed by atoms with Crippen LogP contribution in [0.4, 0.5) is 4.79 Å². The summed E-state index contributed by atoms with van der Waals surface area (Å²) < 4.78 is 28.9. The summed E-state index contributed by atoms with van der Waals surface area (Å²) >= 11 is 0. The maximum absolute atomic E-state index is 12.9. The Labute approximate surface area is 257 Å². The van der Waals surface area contributed by atoms with Gasteiger partial charge in [-0.05, 0) is 46.7 Å². The second-order valence-electron chi connectivity index (χ2n) is 11.3. The van der Waals surface area contributed by atoms with Gasteiger partial charge in [-0.25, -0.2) is 9.59 Å². The molecule has 9 heteroatoms. The van der Waals surface area contributed by atoms with Gasteiger partial charge in [0.2, 0.25) is 0 Å². The van der Waals surface area contributed by atoms with Gasteiger partial charge in [-0.15, -0.1) is 0 Å². The van der Waals surface area contributed by atoms with Crippen LogP contribution in [0.25, 0.3) is 11.1 Å². The molecule has 5 rings (SSSR count). The van der Waals surface area contributed by atoms with Crippen LogP contribution in [0.3, 0.4) is 0 Å². The summed E-state index contributed by atoms with van der Waals surface area (Å²) in [5, 5.41) is 2.79. The van der Waals surface area contributed by atoms with Crippen LogP contribution in [0, 0.1) is 11.8 Å². The molecule has 0 aromatic heterocycles. The molecule has 1 aliphatic heterocycles. The molecule has 1 aliphatic carbocycles. The van der Waals surface area contributed by atoms with E-state index in [9.17, 15) is 14.4 Å². The molecular formula is C35H39NO8. The molecule has 3 aromatic rings.